The fraction of sp³-hybridized carbons (Fsp3) is 0.783. The van der Waals surface area contributed by atoms with E-state index in [0.29, 0.717) is 32.2 Å². The quantitative estimate of drug-likeness (QED) is 0.119. The van der Waals surface area contributed by atoms with Gasteiger partial charge in [-0.2, -0.15) is 0 Å². The Labute approximate surface area is 207 Å². The van der Waals surface area contributed by atoms with Gasteiger partial charge in [0.2, 0.25) is 23.6 Å². The fourth-order valence-corrected chi connectivity index (χ4v) is 3.30. The predicted octanol–water partition coefficient (Wildman–Crippen LogP) is -0.661. The molecule has 0 aliphatic heterocycles. The fourth-order valence-electron chi connectivity index (χ4n) is 3.30. The molecule has 0 aliphatic carbocycles. The summed E-state index contributed by atoms with van der Waals surface area (Å²) in [6, 6.07) is -4.12. The van der Waals surface area contributed by atoms with E-state index in [0.717, 1.165) is 0 Å². The molecule has 12 nitrogen and oxygen atoms in total. The van der Waals surface area contributed by atoms with E-state index in [2.05, 4.69) is 16.0 Å². The molecule has 10 N–H and O–H groups in total. The van der Waals surface area contributed by atoms with Gasteiger partial charge in [0, 0.05) is 6.42 Å². The maximum absolute atomic E-state index is 13.2. The minimum absolute atomic E-state index is 0.0845. The Balaban J connectivity index is 5.61. The van der Waals surface area contributed by atoms with Crippen molar-refractivity contribution < 1.29 is 29.1 Å². The third-order valence-electron chi connectivity index (χ3n) is 6.23. The zero-order valence-electron chi connectivity index (χ0n) is 21.3. The molecule has 0 aromatic rings. The van der Waals surface area contributed by atoms with Gasteiger partial charge in [-0.05, 0) is 44.1 Å². The standard InChI is InChI=1S/C23H44N6O6/c1-5-13(3)18(26)21(32)29-19(14(4)6-2)22(33)27-15(9-7-8-12-24)20(31)28-16(23(34)35)10-11-17(25)30/h13-16,18-19H,5-12,24,26H2,1-4H3,(H2,25,30)(H,27,33)(H,28,31)(H,29,32)(H,34,35). The second-order valence-electron chi connectivity index (χ2n) is 9.03. The maximum atomic E-state index is 13.2. The van der Waals surface area contributed by atoms with Gasteiger partial charge in [-0.25, -0.2) is 4.79 Å². The molecule has 35 heavy (non-hydrogen) atoms. The number of carboxylic acid groups (broad SMARTS) is 1. The molecular weight excluding hydrogens is 456 g/mol. The van der Waals surface area contributed by atoms with Crippen molar-refractivity contribution in [1.29, 1.82) is 0 Å². The van der Waals surface area contributed by atoms with Crippen molar-refractivity contribution in [3.8, 4) is 0 Å². The Kier molecular flexibility index (Phi) is 15.5. The lowest BCUT2D eigenvalue weighted by atomic mass is 9.95. The summed E-state index contributed by atoms with van der Waals surface area (Å²) in [6.07, 6.45) is 2.18. The van der Waals surface area contributed by atoms with Crippen LogP contribution in [0, 0.1) is 11.8 Å². The van der Waals surface area contributed by atoms with Crippen LogP contribution >= 0.6 is 0 Å². The summed E-state index contributed by atoms with van der Waals surface area (Å²) in [6.45, 7) is 7.81. The SMILES string of the molecule is CCC(C)C(N)C(=O)NC(C(=O)NC(CCCCN)C(=O)NC(CCC(N)=O)C(=O)O)C(C)CC. The van der Waals surface area contributed by atoms with E-state index >= 15 is 0 Å². The highest BCUT2D eigenvalue weighted by Gasteiger charge is 2.33. The highest BCUT2D eigenvalue weighted by molar-refractivity contribution is 5.94. The van der Waals surface area contributed by atoms with Crippen LogP contribution in [0.5, 0.6) is 0 Å². The highest BCUT2D eigenvalue weighted by Crippen LogP contribution is 2.12. The van der Waals surface area contributed by atoms with Crippen molar-refractivity contribution in [2.24, 2.45) is 29.0 Å². The average Bonchev–Trinajstić information content (AvgIpc) is 2.82. The Morgan fingerprint density at radius 2 is 1.37 bits per heavy atom. The number of aliphatic carboxylic acids is 1. The first-order chi connectivity index (χ1) is 16.4. The first-order valence-corrected chi connectivity index (χ1v) is 12.3. The van der Waals surface area contributed by atoms with Crippen molar-refractivity contribution in [3.05, 3.63) is 0 Å². The molecule has 0 bridgehead atoms. The van der Waals surface area contributed by atoms with Crippen LogP contribution < -0.4 is 33.2 Å². The number of rotatable bonds is 18. The Morgan fingerprint density at radius 3 is 1.86 bits per heavy atom. The highest BCUT2D eigenvalue weighted by atomic mass is 16.4. The number of unbranched alkanes of at least 4 members (excludes halogenated alkanes) is 1. The van der Waals surface area contributed by atoms with Gasteiger partial charge in [0.1, 0.15) is 18.1 Å². The number of hydrogen-bond donors (Lipinski definition) is 7. The summed E-state index contributed by atoms with van der Waals surface area (Å²) >= 11 is 0. The number of hydrogen-bond acceptors (Lipinski definition) is 7. The van der Waals surface area contributed by atoms with Crippen LogP contribution in [0.15, 0.2) is 0 Å². The molecule has 0 aromatic heterocycles. The molecule has 12 heteroatoms. The van der Waals surface area contributed by atoms with Gasteiger partial charge < -0.3 is 38.3 Å². The van der Waals surface area contributed by atoms with Crippen molar-refractivity contribution in [3.63, 3.8) is 0 Å². The molecule has 0 fully saturated rings. The van der Waals surface area contributed by atoms with Crippen LogP contribution in [0.3, 0.4) is 0 Å². The Bertz CT molecular complexity index is 719. The van der Waals surface area contributed by atoms with Gasteiger partial charge in [0.25, 0.3) is 0 Å². The number of nitrogens with one attached hydrogen (secondary N) is 3. The number of carboxylic acids is 1. The lowest BCUT2D eigenvalue weighted by molar-refractivity contribution is -0.142. The molecule has 6 atom stereocenters. The van der Waals surface area contributed by atoms with E-state index in [-0.39, 0.29) is 31.1 Å². The molecule has 0 aromatic carbocycles. The van der Waals surface area contributed by atoms with Crippen molar-refractivity contribution >= 4 is 29.6 Å². The normalized spacial score (nSPS) is 16.2. The summed E-state index contributed by atoms with van der Waals surface area (Å²) in [5, 5.41) is 17.1. The van der Waals surface area contributed by atoms with Gasteiger partial charge in [0.05, 0.1) is 6.04 Å². The van der Waals surface area contributed by atoms with Gasteiger partial charge in [-0.3, -0.25) is 19.2 Å². The summed E-state index contributed by atoms with van der Waals surface area (Å²) in [5.41, 5.74) is 16.6. The first-order valence-electron chi connectivity index (χ1n) is 12.3. The van der Waals surface area contributed by atoms with Gasteiger partial charge in [0.15, 0.2) is 0 Å². The molecule has 0 aliphatic rings. The number of carbonyl (C=O) groups is 5. The summed E-state index contributed by atoms with van der Waals surface area (Å²) in [4.78, 5) is 61.3. The summed E-state index contributed by atoms with van der Waals surface area (Å²) in [7, 11) is 0. The van der Waals surface area contributed by atoms with E-state index in [1.54, 1.807) is 6.92 Å². The monoisotopic (exact) mass is 500 g/mol. The molecular formula is C23H44N6O6. The minimum atomic E-state index is -1.34. The van der Waals surface area contributed by atoms with E-state index < -0.39 is 53.8 Å². The predicted molar refractivity (Wildman–Crippen MR) is 132 cm³/mol. The van der Waals surface area contributed by atoms with Crippen LogP contribution in [0.4, 0.5) is 0 Å². The Hall–Kier alpha value is -2.73. The number of carbonyl (C=O) groups excluding carboxylic acids is 4. The second-order valence-corrected chi connectivity index (χ2v) is 9.03. The van der Waals surface area contributed by atoms with Crippen molar-refractivity contribution in [2.75, 3.05) is 6.54 Å². The number of primary amides is 1. The summed E-state index contributed by atoms with van der Waals surface area (Å²) < 4.78 is 0. The van der Waals surface area contributed by atoms with Crippen LogP contribution in [0.25, 0.3) is 0 Å². The number of nitrogens with two attached hydrogens (primary N) is 3. The van der Waals surface area contributed by atoms with Gasteiger partial charge >= 0.3 is 5.97 Å². The lowest BCUT2D eigenvalue weighted by Gasteiger charge is -2.28. The van der Waals surface area contributed by atoms with Gasteiger partial charge in [-0.15, -0.1) is 0 Å². The van der Waals surface area contributed by atoms with E-state index in [4.69, 9.17) is 17.2 Å². The molecule has 4 amide bonds. The largest absolute Gasteiger partial charge is 0.480 e. The molecule has 0 saturated carbocycles. The van der Waals surface area contributed by atoms with Gasteiger partial charge in [-0.1, -0.05) is 40.5 Å². The van der Waals surface area contributed by atoms with E-state index in [1.807, 2.05) is 20.8 Å². The molecule has 202 valence electrons. The average molecular weight is 501 g/mol. The van der Waals surface area contributed by atoms with Crippen LogP contribution in [-0.4, -0.2) is 65.4 Å². The minimum Gasteiger partial charge on any atom is -0.480 e. The van der Waals surface area contributed by atoms with E-state index in [9.17, 15) is 29.1 Å². The molecule has 0 radical (unpaired) electrons. The number of amides is 4. The third-order valence-corrected chi connectivity index (χ3v) is 6.23. The van der Waals surface area contributed by atoms with Crippen LogP contribution in [0.2, 0.25) is 0 Å². The third kappa shape index (κ3) is 12.0. The van der Waals surface area contributed by atoms with Crippen LogP contribution in [0.1, 0.15) is 72.6 Å². The van der Waals surface area contributed by atoms with Crippen molar-refractivity contribution in [1.82, 2.24) is 16.0 Å². The maximum Gasteiger partial charge on any atom is 0.326 e. The lowest BCUT2D eigenvalue weighted by Crippen LogP contribution is -2.59. The smallest absolute Gasteiger partial charge is 0.326 e. The summed E-state index contributed by atoms with van der Waals surface area (Å²) in [5.74, 6) is -4.09. The van der Waals surface area contributed by atoms with Crippen LogP contribution in [-0.2, 0) is 24.0 Å². The van der Waals surface area contributed by atoms with Crippen molar-refractivity contribution in [2.45, 2.75) is 96.8 Å². The molecule has 0 spiro atoms. The molecule has 0 saturated heterocycles. The van der Waals surface area contributed by atoms with E-state index in [1.165, 1.54) is 0 Å². The molecule has 0 rings (SSSR count). The topological polar surface area (TPSA) is 220 Å². The molecule has 0 heterocycles. The molecule has 6 unspecified atom stereocenters. The zero-order chi connectivity index (χ0) is 27.1. The zero-order valence-corrected chi connectivity index (χ0v) is 21.3. The Morgan fingerprint density at radius 1 is 0.800 bits per heavy atom. The second kappa shape index (κ2) is 16.8. The first kappa shape index (κ1) is 32.3.